The highest BCUT2D eigenvalue weighted by Gasteiger charge is 2.32. The predicted molar refractivity (Wildman–Crippen MR) is 86.9 cm³/mol. The first-order chi connectivity index (χ1) is 9.15. The van der Waals surface area contributed by atoms with E-state index >= 15 is 0 Å². The summed E-state index contributed by atoms with van der Waals surface area (Å²) in [5.74, 6) is 0. The van der Waals surface area contributed by atoms with Crippen LogP contribution in [0.2, 0.25) is 13.1 Å². The smallest absolute Gasteiger partial charge is 0.292 e. The van der Waals surface area contributed by atoms with Crippen LogP contribution in [0.25, 0.3) is 0 Å². The Morgan fingerprint density at radius 3 is 2.00 bits per heavy atom. The van der Waals surface area contributed by atoms with E-state index in [1.165, 1.54) is 10.4 Å². The van der Waals surface area contributed by atoms with Gasteiger partial charge in [0, 0.05) is 7.11 Å². The second kappa shape index (κ2) is 6.30. The third-order valence-electron chi connectivity index (χ3n) is 3.52. The molecule has 2 aromatic carbocycles. The van der Waals surface area contributed by atoms with Crippen LogP contribution >= 0.6 is 0 Å². The SMILES string of the molecule is CO[Si](C)(N[SiH](C)c1ccccc1)c1ccccc1. The first-order valence-corrected chi connectivity index (χ1v) is 11.3. The summed E-state index contributed by atoms with van der Waals surface area (Å²) < 4.78 is 9.71. The van der Waals surface area contributed by atoms with Crippen LogP contribution in [-0.2, 0) is 4.43 Å². The zero-order valence-corrected chi connectivity index (χ0v) is 13.9. The molecule has 0 fully saturated rings. The van der Waals surface area contributed by atoms with Crippen LogP contribution in [0, 0.1) is 0 Å². The van der Waals surface area contributed by atoms with Gasteiger partial charge in [-0.05, 0) is 16.9 Å². The van der Waals surface area contributed by atoms with Gasteiger partial charge in [-0.2, -0.15) is 0 Å². The molecule has 0 bridgehead atoms. The molecule has 0 aliphatic carbocycles. The van der Waals surface area contributed by atoms with Gasteiger partial charge in [0.15, 0.2) is 0 Å². The lowest BCUT2D eigenvalue weighted by Crippen LogP contribution is -2.66. The van der Waals surface area contributed by atoms with Crippen molar-refractivity contribution in [2.45, 2.75) is 13.1 Å². The van der Waals surface area contributed by atoms with Gasteiger partial charge in [0.25, 0.3) is 8.48 Å². The van der Waals surface area contributed by atoms with Crippen LogP contribution in [0.3, 0.4) is 0 Å². The first kappa shape index (κ1) is 14.2. The van der Waals surface area contributed by atoms with Crippen LogP contribution in [0.1, 0.15) is 0 Å². The fraction of sp³-hybridized carbons (Fsp3) is 0.200. The molecule has 0 saturated carbocycles. The van der Waals surface area contributed by atoms with Gasteiger partial charge in [-0.1, -0.05) is 67.2 Å². The molecule has 0 aliphatic rings. The third-order valence-corrected chi connectivity index (χ3v) is 11.1. The van der Waals surface area contributed by atoms with Gasteiger partial charge >= 0.3 is 0 Å². The van der Waals surface area contributed by atoms with Crippen molar-refractivity contribution >= 4 is 27.8 Å². The van der Waals surface area contributed by atoms with Crippen LogP contribution < -0.4 is 15.0 Å². The standard InChI is InChI=1S/C15H21NOSi2/c1-17-19(3,15-12-8-5-9-13-15)16-18(2)14-10-6-4-7-11-14/h4-13,16,18H,1-3H3. The van der Waals surface area contributed by atoms with Gasteiger partial charge in [-0.3, -0.25) is 0 Å². The molecule has 2 unspecified atom stereocenters. The molecular weight excluding hydrogens is 266 g/mol. The number of nitrogens with one attached hydrogen (secondary N) is 1. The molecule has 2 rings (SSSR count). The molecular formula is C15H21NOSi2. The summed E-state index contributed by atoms with van der Waals surface area (Å²) in [5, 5.41) is 2.72. The summed E-state index contributed by atoms with van der Waals surface area (Å²) in [4.78, 5) is 0. The Balaban J connectivity index is 2.20. The maximum Gasteiger partial charge on any atom is 0.292 e. The van der Waals surface area contributed by atoms with Crippen molar-refractivity contribution in [2.75, 3.05) is 7.11 Å². The first-order valence-electron chi connectivity index (χ1n) is 6.59. The molecule has 0 heterocycles. The van der Waals surface area contributed by atoms with Gasteiger partial charge in [0.05, 0.1) is 0 Å². The van der Waals surface area contributed by atoms with Gasteiger partial charge in [-0.25, -0.2) is 0 Å². The average Bonchev–Trinajstić information content (AvgIpc) is 2.49. The molecule has 0 amide bonds. The van der Waals surface area contributed by atoms with E-state index in [4.69, 9.17) is 4.43 Å². The molecule has 1 N–H and O–H groups in total. The molecule has 2 atom stereocenters. The van der Waals surface area contributed by atoms with E-state index < -0.39 is 17.4 Å². The van der Waals surface area contributed by atoms with Crippen molar-refractivity contribution in [3.63, 3.8) is 0 Å². The van der Waals surface area contributed by atoms with E-state index in [1.54, 1.807) is 0 Å². The summed E-state index contributed by atoms with van der Waals surface area (Å²) in [6.45, 7) is 4.55. The minimum atomic E-state index is -2.03. The van der Waals surface area contributed by atoms with Gasteiger partial charge in [-0.15, -0.1) is 0 Å². The van der Waals surface area contributed by atoms with Crippen molar-refractivity contribution in [1.82, 2.24) is 4.65 Å². The Morgan fingerprint density at radius 1 is 0.947 bits per heavy atom. The molecule has 0 saturated heterocycles. The van der Waals surface area contributed by atoms with Crippen molar-refractivity contribution in [1.29, 1.82) is 0 Å². The number of benzene rings is 2. The van der Waals surface area contributed by atoms with Crippen molar-refractivity contribution in [2.24, 2.45) is 0 Å². The van der Waals surface area contributed by atoms with Crippen molar-refractivity contribution in [3.8, 4) is 0 Å². The molecule has 19 heavy (non-hydrogen) atoms. The molecule has 100 valence electrons. The third kappa shape index (κ3) is 3.42. The normalized spacial score (nSPS) is 15.7. The Labute approximate surface area is 118 Å². The fourth-order valence-electron chi connectivity index (χ4n) is 2.25. The van der Waals surface area contributed by atoms with Crippen molar-refractivity contribution in [3.05, 3.63) is 60.7 Å². The molecule has 0 aliphatic heterocycles. The largest absolute Gasteiger partial charge is 0.404 e. The summed E-state index contributed by atoms with van der Waals surface area (Å²) in [5.41, 5.74) is 0. The highest BCUT2D eigenvalue weighted by molar-refractivity contribution is 6.93. The zero-order valence-electron chi connectivity index (χ0n) is 11.8. The summed E-state index contributed by atoms with van der Waals surface area (Å²) in [6, 6.07) is 21.2. The van der Waals surface area contributed by atoms with E-state index in [0.29, 0.717) is 0 Å². The van der Waals surface area contributed by atoms with Gasteiger partial charge < -0.3 is 9.07 Å². The van der Waals surface area contributed by atoms with E-state index in [9.17, 15) is 0 Å². The predicted octanol–water partition coefficient (Wildman–Crippen LogP) is 1.46. The lowest BCUT2D eigenvalue weighted by molar-refractivity contribution is 0.406. The summed E-state index contributed by atoms with van der Waals surface area (Å²) in [7, 11) is -1.40. The van der Waals surface area contributed by atoms with Crippen molar-refractivity contribution < 1.29 is 4.43 Å². The van der Waals surface area contributed by atoms with E-state index in [-0.39, 0.29) is 0 Å². The second-order valence-electron chi connectivity index (χ2n) is 4.88. The number of hydrogen-bond donors (Lipinski definition) is 1. The second-order valence-corrected chi connectivity index (χ2v) is 11.2. The van der Waals surface area contributed by atoms with Crippen LogP contribution in [0.4, 0.5) is 0 Å². The van der Waals surface area contributed by atoms with Gasteiger partial charge in [0.1, 0.15) is 8.96 Å². The molecule has 0 radical (unpaired) electrons. The monoisotopic (exact) mass is 287 g/mol. The highest BCUT2D eigenvalue weighted by Crippen LogP contribution is 2.02. The average molecular weight is 288 g/mol. The Kier molecular flexibility index (Phi) is 4.71. The molecule has 0 aromatic heterocycles. The summed E-state index contributed by atoms with van der Waals surface area (Å²) in [6.07, 6.45) is 0. The number of rotatable bonds is 5. The number of hydrogen-bond acceptors (Lipinski definition) is 2. The maximum absolute atomic E-state index is 5.88. The Bertz CT molecular complexity index is 506. The maximum atomic E-state index is 5.88. The lowest BCUT2D eigenvalue weighted by Gasteiger charge is -2.30. The van der Waals surface area contributed by atoms with E-state index in [1.807, 2.05) is 13.2 Å². The van der Waals surface area contributed by atoms with E-state index in [2.05, 4.69) is 72.3 Å². The lowest BCUT2D eigenvalue weighted by atomic mass is 10.4. The molecule has 2 aromatic rings. The minimum absolute atomic E-state index is 1.19. The highest BCUT2D eigenvalue weighted by atomic mass is 28.4. The summed E-state index contributed by atoms with van der Waals surface area (Å²) >= 11 is 0. The quantitative estimate of drug-likeness (QED) is 0.841. The molecule has 0 spiro atoms. The minimum Gasteiger partial charge on any atom is -0.404 e. The Morgan fingerprint density at radius 2 is 1.47 bits per heavy atom. The van der Waals surface area contributed by atoms with Crippen LogP contribution in [0.15, 0.2) is 60.7 Å². The zero-order chi connectivity index (χ0) is 13.7. The van der Waals surface area contributed by atoms with Crippen LogP contribution in [-0.4, -0.2) is 24.5 Å². The fourth-order valence-corrected chi connectivity index (χ4v) is 9.23. The topological polar surface area (TPSA) is 21.3 Å². The van der Waals surface area contributed by atoms with Crippen LogP contribution in [0.5, 0.6) is 0 Å². The van der Waals surface area contributed by atoms with E-state index in [0.717, 1.165) is 0 Å². The molecule has 4 heteroatoms. The molecule has 2 nitrogen and oxygen atoms in total. The van der Waals surface area contributed by atoms with Gasteiger partial charge in [0.2, 0.25) is 0 Å². The Hall–Kier alpha value is -1.21.